The van der Waals surface area contributed by atoms with Crippen molar-refractivity contribution in [2.45, 2.75) is 77.2 Å². The summed E-state index contributed by atoms with van der Waals surface area (Å²) in [6.07, 6.45) is 14.7. The van der Waals surface area contributed by atoms with Gasteiger partial charge in [-0.05, 0) is 0 Å². The van der Waals surface area contributed by atoms with E-state index in [-0.39, 0.29) is 14.1 Å². The van der Waals surface area contributed by atoms with Crippen LogP contribution in [0, 0.1) is 0 Å². The van der Waals surface area contributed by atoms with Gasteiger partial charge in [-0.25, -0.2) is 0 Å². The Hall–Kier alpha value is 0.00688. The number of hydrogen-bond donors (Lipinski definition) is 0. The third-order valence-electron chi connectivity index (χ3n) is 2.71. The fraction of sp³-hybridized carbons (Fsp3) is 1.00. The molecule has 0 aliphatic carbocycles. The molecule has 0 atom stereocenters. The maximum Gasteiger partial charge on any atom is 0.00279 e. The first-order valence-electron chi connectivity index (χ1n) is 6.41. The van der Waals surface area contributed by atoms with E-state index in [0.29, 0.717) is 0 Å². The Morgan fingerprint density at radius 1 is 0.562 bits per heavy atom. The first-order valence-corrected chi connectivity index (χ1v) is 7.83. The first kappa shape index (κ1) is 25.0. The molecule has 0 aromatic heterocycles. The fourth-order valence-electron chi connectivity index (χ4n) is 1.74. The molecule has 0 aromatic carbocycles. The summed E-state index contributed by atoms with van der Waals surface area (Å²) in [4.78, 5) is 0. The molecule has 0 nitrogen and oxygen atoms in total. The van der Waals surface area contributed by atoms with Gasteiger partial charge in [-0.15, -0.1) is 0 Å². The minimum atomic E-state index is 0. The zero-order valence-electron chi connectivity index (χ0n) is 11.0. The third kappa shape index (κ3) is 23.7. The molecule has 0 saturated heterocycles. The summed E-state index contributed by atoms with van der Waals surface area (Å²) in [6.45, 7) is 2.29. The summed E-state index contributed by atoms with van der Waals surface area (Å²) in [5.74, 6) is 0. The maximum atomic E-state index is 2.29. The zero-order valence-corrected chi connectivity index (χ0v) is 13.0. The van der Waals surface area contributed by atoms with Gasteiger partial charge < -0.3 is 0 Å². The summed E-state index contributed by atoms with van der Waals surface area (Å²) in [5.41, 5.74) is 0. The second kappa shape index (κ2) is 24.3. The lowest BCUT2D eigenvalue weighted by Crippen LogP contribution is -1.81. The normalized spacial score (nSPS) is 8.81. The van der Waals surface area contributed by atoms with Crippen LogP contribution in [0.1, 0.15) is 71.1 Å². The Labute approximate surface area is 102 Å². The molecule has 0 aliphatic rings. The van der Waals surface area contributed by atoms with Crippen molar-refractivity contribution in [3.8, 4) is 0 Å². The molecular weight excluding hydrogens is 229 g/mol. The molecule has 0 rings (SSSR count). The quantitative estimate of drug-likeness (QED) is 0.409. The van der Waals surface area contributed by atoms with E-state index >= 15 is 0 Å². The van der Waals surface area contributed by atoms with Gasteiger partial charge >= 0.3 is 0 Å². The highest BCUT2D eigenvalue weighted by Gasteiger charge is 1.90. The lowest BCUT2D eigenvalue weighted by atomic mass is 10.1. The monoisotopic (exact) mass is 260 g/mol. The molecule has 4 heteroatoms. The van der Waals surface area contributed by atoms with Crippen molar-refractivity contribution in [3.05, 3.63) is 0 Å². The van der Waals surface area contributed by atoms with E-state index in [1.165, 1.54) is 80.5 Å². The maximum absolute atomic E-state index is 2.29. The lowest BCUT2D eigenvalue weighted by molar-refractivity contribution is 0.562. The largest absolute Gasteiger partial charge is 0.269 e. The molecule has 0 fully saturated rings. The molecule has 16 heavy (non-hydrogen) atoms. The topological polar surface area (TPSA) is 0 Å². The van der Waals surface area contributed by atoms with Crippen molar-refractivity contribution < 1.29 is 14.1 Å². The van der Waals surface area contributed by atoms with Crippen LogP contribution in [-0.4, -0.2) is 10.2 Å². The van der Waals surface area contributed by atoms with Crippen LogP contribution < -0.4 is 0 Å². The average Bonchev–Trinajstić information content (AvgIpc) is 2.16. The highest BCUT2D eigenvalue weighted by Crippen LogP contribution is 2.10. The van der Waals surface area contributed by atoms with Gasteiger partial charge in [0, 0.05) is 10.2 Å². The molecule has 104 valence electrons. The Morgan fingerprint density at radius 2 is 0.875 bits per heavy atom. The highest BCUT2D eigenvalue weighted by molar-refractivity contribution is 6.08. The molecule has 0 amide bonds. The van der Waals surface area contributed by atoms with E-state index in [1.54, 1.807) is 0 Å². The number of unbranched alkanes of at least 4 members (excludes halogenated alkanes) is 9. The third-order valence-corrected chi connectivity index (χ3v) is 3.41. The van der Waals surface area contributed by atoms with Crippen molar-refractivity contribution in [2.75, 3.05) is 0 Å². The van der Waals surface area contributed by atoms with Crippen LogP contribution in [0.25, 0.3) is 0 Å². The van der Waals surface area contributed by atoms with Crippen LogP contribution in [0.2, 0.25) is 6.04 Å². The van der Waals surface area contributed by atoms with E-state index in [4.69, 9.17) is 0 Å². The molecule has 0 aromatic rings. The summed E-state index contributed by atoms with van der Waals surface area (Å²) in [7, 11) is 1.41. The van der Waals surface area contributed by atoms with Crippen LogP contribution in [0.15, 0.2) is 0 Å². The van der Waals surface area contributed by atoms with Gasteiger partial charge in [0.25, 0.3) is 0 Å². The van der Waals surface area contributed by atoms with Gasteiger partial charge in [0.2, 0.25) is 0 Å². The Kier molecular flexibility index (Phi) is 38.0. The van der Waals surface area contributed by atoms with Crippen molar-refractivity contribution >= 4 is 10.2 Å². The fourth-order valence-corrected chi connectivity index (χ4v) is 2.24. The van der Waals surface area contributed by atoms with E-state index in [0.717, 1.165) is 0 Å². The number of halogens is 3. The van der Waals surface area contributed by atoms with E-state index in [1.807, 2.05) is 0 Å². The van der Waals surface area contributed by atoms with Crippen molar-refractivity contribution in [1.82, 2.24) is 0 Å². The highest BCUT2D eigenvalue weighted by atomic mass is 28.1. The van der Waals surface area contributed by atoms with Gasteiger partial charge in [-0.2, -0.15) is 0 Å². The zero-order chi connectivity index (χ0) is 9.78. The van der Waals surface area contributed by atoms with Crippen molar-refractivity contribution in [1.29, 1.82) is 0 Å². The smallest absolute Gasteiger partial charge is 0.00279 e. The van der Waals surface area contributed by atoms with Crippen molar-refractivity contribution in [3.63, 3.8) is 0 Å². The molecule has 0 N–H and O–H groups in total. The van der Waals surface area contributed by atoms with Gasteiger partial charge in [-0.3, -0.25) is 14.1 Å². The van der Waals surface area contributed by atoms with Gasteiger partial charge in [0.15, 0.2) is 0 Å². The molecule has 0 spiro atoms. The SMILES string of the molecule is CCCCCCCCCCCC[SiH3].F.F.F. The molecular formula is C12H31F3Si. The minimum absolute atomic E-state index is 0. The summed E-state index contributed by atoms with van der Waals surface area (Å²) < 4.78 is 0. The summed E-state index contributed by atoms with van der Waals surface area (Å²) in [5, 5.41) is 0. The van der Waals surface area contributed by atoms with Crippen LogP contribution in [0.3, 0.4) is 0 Å². The van der Waals surface area contributed by atoms with Crippen LogP contribution in [0.5, 0.6) is 0 Å². The van der Waals surface area contributed by atoms with Gasteiger partial charge in [0.05, 0.1) is 0 Å². The van der Waals surface area contributed by atoms with E-state index < -0.39 is 0 Å². The Morgan fingerprint density at radius 3 is 1.19 bits per heavy atom. The molecule has 0 heterocycles. The van der Waals surface area contributed by atoms with Crippen LogP contribution in [-0.2, 0) is 0 Å². The Balaban J connectivity index is -0.000000240. The molecule has 0 unspecified atom stereocenters. The standard InChI is InChI=1S/C12H28Si.3FH/c1-2-3-4-5-6-7-8-9-10-11-12-13;;;/h2-12H2,1,13H3;3*1H. The molecule has 0 radical (unpaired) electrons. The molecule has 0 saturated carbocycles. The van der Waals surface area contributed by atoms with Crippen LogP contribution in [0.4, 0.5) is 14.1 Å². The van der Waals surface area contributed by atoms with E-state index in [2.05, 4.69) is 6.92 Å². The predicted molar refractivity (Wildman–Crippen MR) is 74.1 cm³/mol. The van der Waals surface area contributed by atoms with Gasteiger partial charge in [0.1, 0.15) is 0 Å². The van der Waals surface area contributed by atoms with E-state index in [9.17, 15) is 0 Å². The second-order valence-electron chi connectivity index (χ2n) is 4.18. The molecule has 0 bridgehead atoms. The Bertz CT molecular complexity index is 82.3. The second-order valence-corrected chi connectivity index (χ2v) is 5.18. The number of rotatable bonds is 10. The summed E-state index contributed by atoms with van der Waals surface area (Å²) >= 11 is 0. The number of hydrogen-bond acceptors (Lipinski definition) is 0. The van der Waals surface area contributed by atoms with Gasteiger partial charge in [-0.1, -0.05) is 77.2 Å². The predicted octanol–water partition coefficient (Wildman–Crippen LogP) is 4.15. The molecule has 0 aliphatic heterocycles. The first-order chi connectivity index (χ1) is 6.41. The van der Waals surface area contributed by atoms with Crippen LogP contribution >= 0.6 is 0 Å². The minimum Gasteiger partial charge on any atom is -0.269 e. The average molecular weight is 260 g/mol. The van der Waals surface area contributed by atoms with Crippen molar-refractivity contribution in [2.24, 2.45) is 0 Å². The lowest BCUT2D eigenvalue weighted by Gasteiger charge is -2.00. The summed E-state index contributed by atoms with van der Waals surface area (Å²) in [6, 6.07) is 1.51.